The van der Waals surface area contributed by atoms with Gasteiger partial charge in [-0.15, -0.1) is 0 Å². The van der Waals surface area contributed by atoms with Gasteiger partial charge >= 0.3 is 0 Å². The summed E-state index contributed by atoms with van der Waals surface area (Å²) in [4.78, 5) is 0. The summed E-state index contributed by atoms with van der Waals surface area (Å²) >= 11 is 0. The van der Waals surface area contributed by atoms with E-state index in [0.717, 1.165) is 32.2 Å². The molecule has 1 saturated heterocycles. The van der Waals surface area contributed by atoms with Gasteiger partial charge in [-0.3, -0.25) is 0 Å². The maximum atomic E-state index is 12.2. The van der Waals surface area contributed by atoms with Crippen LogP contribution in [0.1, 0.15) is 32.1 Å². The quantitative estimate of drug-likeness (QED) is 0.798. The number of rotatable bonds is 3. The molecule has 0 aromatic carbocycles. The number of hydrogen-bond donors (Lipinski definition) is 1. The number of sulfone groups is 1. The fourth-order valence-electron chi connectivity index (χ4n) is 2.57. The third kappa shape index (κ3) is 3.18. The molecule has 4 nitrogen and oxygen atoms in total. The zero-order chi connectivity index (χ0) is 11.4. The number of morpholine rings is 1. The molecule has 0 aromatic rings. The van der Waals surface area contributed by atoms with Gasteiger partial charge in [0, 0.05) is 12.6 Å². The molecule has 1 aliphatic carbocycles. The summed E-state index contributed by atoms with van der Waals surface area (Å²) in [5.41, 5.74) is 0. The Morgan fingerprint density at radius 1 is 1.19 bits per heavy atom. The summed E-state index contributed by atoms with van der Waals surface area (Å²) in [6.07, 6.45) is 5.04. The maximum absolute atomic E-state index is 12.2. The smallest absolute Gasteiger partial charge is 0.154 e. The lowest BCUT2D eigenvalue weighted by Crippen LogP contribution is -2.47. The molecule has 1 unspecified atom stereocenters. The SMILES string of the molecule is O=S(=O)(CC1COCCN1)C1CCCCC1. The Hall–Kier alpha value is -0.130. The van der Waals surface area contributed by atoms with E-state index >= 15 is 0 Å². The molecule has 94 valence electrons. The number of nitrogens with one attached hydrogen (secondary N) is 1. The zero-order valence-electron chi connectivity index (χ0n) is 9.65. The van der Waals surface area contributed by atoms with Crippen molar-refractivity contribution in [3.8, 4) is 0 Å². The Balaban J connectivity index is 1.90. The van der Waals surface area contributed by atoms with Gasteiger partial charge in [-0.1, -0.05) is 19.3 Å². The molecule has 0 spiro atoms. The van der Waals surface area contributed by atoms with Crippen molar-refractivity contribution in [2.24, 2.45) is 0 Å². The van der Waals surface area contributed by atoms with Crippen LogP contribution in [0, 0.1) is 0 Å². The van der Waals surface area contributed by atoms with Gasteiger partial charge in [0.1, 0.15) is 0 Å². The predicted molar refractivity (Wildman–Crippen MR) is 63.3 cm³/mol. The second kappa shape index (κ2) is 5.47. The van der Waals surface area contributed by atoms with Crippen molar-refractivity contribution in [1.29, 1.82) is 0 Å². The maximum Gasteiger partial charge on any atom is 0.154 e. The molecular formula is C11H21NO3S. The third-order valence-corrected chi connectivity index (χ3v) is 5.85. The van der Waals surface area contributed by atoms with Crippen molar-refractivity contribution in [3.05, 3.63) is 0 Å². The molecule has 0 bridgehead atoms. The summed E-state index contributed by atoms with van der Waals surface area (Å²) in [7, 11) is -2.93. The van der Waals surface area contributed by atoms with E-state index in [-0.39, 0.29) is 17.0 Å². The van der Waals surface area contributed by atoms with E-state index in [1.165, 1.54) is 6.42 Å². The van der Waals surface area contributed by atoms with Crippen molar-refractivity contribution >= 4 is 9.84 Å². The van der Waals surface area contributed by atoms with Crippen LogP contribution >= 0.6 is 0 Å². The van der Waals surface area contributed by atoms with Crippen LogP contribution in [0.25, 0.3) is 0 Å². The van der Waals surface area contributed by atoms with Crippen LogP contribution in [0.4, 0.5) is 0 Å². The highest BCUT2D eigenvalue weighted by atomic mass is 32.2. The first kappa shape index (κ1) is 12.3. The van der Waals surface area contributed by atoms with Crippen molar-refractivity contribution in [2.45, 2.75) is 43.4 Å². The standard InChI is InChI=1S/C11H21NO3S/c13-16(14,11-4-2-1-3-5-11)9-10-8-15-7-6-12-10/h10-12H,1-9H2. The zero-order valence-corrected chi connectivity index (χ0v) is 10.5. The first-order chi connectivity index (χ1) is 7.68. The lowest BCUT2D eigenvalue weighted by molar-refractivity contribution is 0.0831. The number of ether oxygens (including phenoxy) is 1. The van der Waals surface area contributed by atoms with Gasteiger partial charge in [0.2, 0.25) is 0 Å². The molecular weight excluding hydrogens is 226 g/mol. The van der Waals surface area contributed by atoms with Crippen LogP contribution in [0.15, 0.2) is 0 Å². The normalized spacial score (nSPS) is 29.1. The fourth-order valence-corrected chi connectivity index (χ4v) is 4.67. The van der Waals surface area contributed by atoms with Gasteiger partial charge in [0.25, 0.3) is 0 Å². The highest BCUT2D eigenvalue weighted by molar-refractivity contribution is 7.92. The highest BCUT2D eigenvalue weighted by Crippen LogP contribution is 2.24. The number of hydrogen-bond acceptors (Lipinski definition) is 4. The van der Waals surface area contributed by atoms with Crippen molar-refractivity contribution in [2.75, 3.05) is 25.5 Å². The molecule has 2 aliphatic rings. The highest BCUT2D eigenvalue weighted by Gasteiger charge is 2.30. The summed E-state index contributed by atoms with van der Waals surface area (Å²) < 4.78 is 29.6. The average molecular weight is 247 g/mol. The van der Waals surface area contributed by atoms with Gasteiger partial charge in [-0.25, -0.2) is 8.42 Å². The Labute approximate surface area is 97.7 Å². The van der Waals surface area contributed by atoms with E-state index in [9.17, 15) is 8.42 Å². The van der Waals surface area contributed by atoms with Crippen LogP contribution in [-0.2, 0) is 14.6 Å². The molecule has 0 amide bonds. The largest absolute Gasteiger partial charge is 0.378 e. The molecule has 1 N–H and O–H groups in total. The minimum absolute atomic E-state index is 0.000626. The van der Waals surface area contributed by atoms with Crippen LogP contribution in [0.2, 0.25) is 0 Å². The van der Waals surface area contributed by atoms with Gasteiger partial charge < -0.3 is 10.1 Å². The van der Waals surface area contributed by atoms with Crippen molar-refractivity contribution in [1.82, 2.24) is 5.32 Å². The minimum atomic E-state index is -2.93. The van der Waals surface area contributed by atoms with E-state index in [0.29, 0.717) is 13.2 Å². The van der Waals surface area contributed by atoms with E-state index in [2.05, 4.69) is 5.32 Å². The summed E-state index contributed by atoms with van der Waals surface area (Å²) in [6.45, 7) is 2.00. The predicted octanol–water partition coefficient (Wildman–Crippen LogP) is 0.722. The molecule has 0 aromatic heterocycles. The minimum Gasteiger partial charge on any atom is -0.378 e. The Morgan fingerprint density at radius 2 is 1.94 bits per heavy atom. The van der Waals surface area contributed by atoms with Crippen molar-refractivity contribution in [3.63, 3.8) is 0 Å². The van der Waals surface area contributed by atoms with Gasteiger partial charge in [0.15, 0.2) is 9.84 Å². The first-order valence-corrected chi connectivity index (χ1v) is 7.93. The average Bonchev–Trinajstić information content (AvgIpc) is 2.31. The fraction of sp³-hybridized carbons (Fsp3) is 1.00. The molecule has 2 fully saturated rings. The van der Waals surface area contributed by atoms with Crippen LogP contribution in [0.3, 0.4) is 0 Å². The Bertz CT molecular complexity index is 303. The lowest BCUT2D eigenvalue weighted by Gasteiger charge is -2.27. The van der Waals surface area contributed by atoms with Crippen LogP contribution < -0.4 is 5.32 Å². The molecule has 2 rings (SSSR count). The van der Waals surface area contributed by atoms with E-state index in [1.807, 2.05) is 0 Å². The first-order valence-electron chi connectivity index (χ1n) is 6.21. The lowest BCUT2D eigenvalue weighted by atomic mass is 10.0. The summed E-state index contributed by atoms with van der Waals surface area (Å²) in [6, 6.07) is 0.000626. The molecule has 1 heterocycles. The second-order valence-corrected chi connectivity index (χ2v) is 7.14. The van der Waals surface area contributed by atoms with E-state index in [1.54, 1.807) is 0 Å². The summed E-state index contributed by atoms with van der Waals surface area (Å²) in [5, 5.41) is 3.12. The Kier molecular flexibility index (Phi) is 4.21. The molecule has 5 heteroatoms. The van der Waals surface area contributed by atoms with Crippen LogP contribution in [-0.4, -0.2) is 45.2 Å². The molecule has 0 radical (unpaired) electrons. The molecule has 16 heavy (non-hydrogen) atoms. The molecule has 1 atom stereocenters. The van der Waals surface area contributed by atoms with Gasteiger partial charge in [-0.05, 0) is 12.8 Å². The molecule has 1 aliphatic heterocycles. The third-order valence-electron chi connectivity index (χ3n) is 3.49. The van der Waals surface area contributed by atoms with E-state index in [4.69, 9.17) is 4.74 Å². The monoisotopic (exact) mass is 247 g/mol. The van der Waals surface area contributed by atoms with Gasteiger partial charge in [0.05, 0.1) is 24.2 Å². The van der Waals surface area contributed by atoms with Gasteiger partial charge in [-0.2, -0.15) is 0 Å². The second-order valence-electron chi connectivity index (χ2n) is 4.82. The topological polar surface area (TPSA) is 55.4 Å². The van der Waals surface area contributed by atoms with Crippen LogP contribution in [0.5, 0.6) is 0 Å². The van der Waals surface area contributed by atoms with Crippen molar-refractivity contribution < 1.29 is 13.2 Å². The Morgan fingerprint density at radius 3 is 2.56 bits per heavy atom. The van der Waals surface area contributed by atoms with E-state index < -0.39 is 9.84 Å². The molecule has 1 saturated carbocycles. The summed E-state index contributed by atoms with van der Waals surface area (Å²) in [5.74, 6) is 0.248.